The van der Waals surface area contributed by atoms with Gasteiger partial charge < -0.3 is 19.5 Å². The van der Waals surface area contributed by atoms with Gasteiger partial charge >= 0.3 is 0 Å². The minimum atomic E-state index is 0.653. The lowest BCUT2D eigenvalue weighted by atomic mass is 10.1. The van der Waals surface area contributed by atoms with Crippen LogP contribution in [0, 0.1) is 0 Å². The molecule has 0 fully saturated rings. The Morgan fingerprint density at radius 2 is 1.54 bits per heavy atom. The topological polar surface area (TPSA) is 57.0 Å². The van der Waals surface area contributed by atoms with E-state index in [9.17, 15) is 0 Å². The van der Waals surface area contributed by atoms with E-state index in [2.05, 4.69) is 5.32 Å². The van der Waals surface area contributed by atoms with Gasteiger partial charge in [-0.25, -0.2) is 4.98 Å². The Kier molecular flexibility index (Phi) is 4.76. The molecule has 142 valence electrons. The Bertz CT molecular complexity index is 1120. The van der Waals surface area contributed by atoms with Crippen molar-refractivity contribution in [3.05, 3.63) is 66.9 Å². The SMILES string of the molecule is COc1ccccc1Nc1c(-c2ccc(OC)c(OC)c2)nc2ccccn12. The minimum absolute atomic E-state index is 0.653. The number of methoxy groups -OCH3 is 3. The van der Waals surface area contributed by atoms with E-state index < -0.39 is 0 Å². The number of fused-ring (bicyclic) bond motifs is 1. The number of imidazole rings is 1. The summed E-state index contributed by atoms with van der Waals surface area (Å²) in [4.78, 5) is 4.83. The monoisotopic (exact) mass is 375 g/mol. The van der Waals surface area contributed by atoms with Crippen molar-refractivity contribution in [3.8, 4) is 28.5 Å². The zero-order valence-electron chi connectivity index (χ0n) is 16.0. The molecule has 0 saturated carbocycles. The molecule has 0 aliphatic heterocycles. The summed E-state index contributed by atoms with van der Waals surface area (Å²) < 4.78 is 18.3. The Morgan fingerprint density at radius 3 is 2.32 bits per heavy atom. The van der Waals surface area contributed by atoms with E-state index in [1.54, 1.807) is 21.3 Å². The maximum atomic E-state index is 5.49. The average molecular weight is 375 g/mol. The molecule has 0 spiro atoms. The first-order chi connectivity index (χ1) is 13.7. The van der Waals surface area contributed by atoms with Gasteiger partial charge in [-0.1, -0.05) is 18.2 Å². The van der Waals surface area contributed by atoms with Gasteiger partial charge in [-0.15, -0.1) is 0 Å². The Morgan fingerprint density at radius 1 is 0.786 bits per heavy atom. The first-order valence-corrected chi connectivity index (χ1v) is 8.84. The number of nitrogens with one attached hydrogen (secondary N) is 1. The molecule has 0 saturated heterocycles. The quantitative estimate of drug-likeness (QED) is 0.526. The predicted molar refractivity (Wildman–Crippen MR) is 110 cm³/mol. The number of hydrogen-bond donors (Lipinski definition) is 1. The summed E-state index contributed by atoms with van der Waals surface area (Å²) in [5.74, 6) is 2.92. The van der Waals surface area contributed by atoms with Crippen LogP contribution in [-0.4, -0.2) is 30.7 Å². The fourth-order valence-corrected chi connectivity index (χ4v) is 3.18. The highest BCUT2D eigenvalue weighted by molar-refractivity contribution is 5.82. The molecule has 0 unspecified atom stereocenters. The summed E-state index contributed by atoms with van der Waals surface area (Å²) in [5.41, 5.74) is 3.42. The fraction of sp³-hybridized carbons (Fsp3) is 0.136. The van der Waals surface area contributed by atoms with E-state index in [0.717, 1.165) is 34.2 Å². The van der Waals surface area contributed by atoms with Gasteiger partial charge in [0.2, 0.25) is 0 Å². The standard InChI is InChI=1S/C22H21N3O3/c1-26-17-9-5-4-8-16(17)23-22-21(24-20-10-6-7-13-25(20)22)15-11-12-18(27-2)19(14-15)28-3/h4-14,23H,1-3H3. The van der Waals surface area contributed by atoms with Gasteiger partial charge in [0.15, 0.2) is 11.5 Å². The van der Waals surface area contributed by atoms with Crippen molar-refractivity contribution >= 4 is 17.2 Å². The normalized spacial score (nSPS) is 10.7. The van der Waals surface area contributed by atoms with Crippen LogP contribution in [0.5, 0.6) is 17.2 Å². The highest BCUT2D eigenvalue weighted by Gasteiger charge is 2.17. The van der Waals surface area contributed by atoms with Crippen LogP contribution < -0.4 is 19.5 Å². The number of pyridine rings is 1. The Labute approximate surface area is 163 Å². The number of benzene rings is 2. The summed E-state index contributed by atoms with van der Waals surface area (Å²) in [6.45, 7) is 0. The number of para-hydroxylation sites is 2. The predicted octanol–water partition coefficient (Wildman–Crippen LogP) is 4.77. The smallest absolute Gasteiger partial charge is 0.161 e. The second-order valence-electron chi connectivity index (χ2n) is 6.13. The summed E-state index contributed by atoms with van der Waals surface area (Å²) in [5, 5.41) is 3.48. The van der Waals surface area contributed by atoms with E-state index in [-0.39, 0.29) is 0 Å². The first kappa shape index (κ1) is 17.7. The summed E-state index contributed by atoms with van der Waals surface area (Å²) in [6, 6.07) is 19.5. The molecule has 2 aromatic carbocycles. The van der Waals surface area contributed by atoms with E-state index in [0.29, 0.717) is 11.5 Å². The van der Waals surface area contributed by atoms with Gasteiger partial charge in [-0.2, -0.15) is 0 Å². The van der Waals surface area contributed by atoms with Crippen LogP contribution in [0.1, 0.15) is 0 Å². The van der Waals surface area contributed by atoms with E-state index in [1.807, 2.05) is 71.3 Å². The summed E-state index contributed by atoms with van der Waals surface area (Å²) in [6.07, 6.45) is 1.98. The van der Waals surface area contributed by atoms with Gasteiger partial charge in [-0.3, -0.25) is 4.40 Å². The van der Waals surface area contributed by atoms with Crippen molar-refractivity contribution in [1.29, 1.82) is 0 Å². The second-order valence-corrected chi connectivity index (χ2v) is 6.13. The van der Waals surface area contributed by atoms with Crippen molar-refractivity contribution in [2.24, 2.45) is 0 Å². The molecule has 28 heavy (non-hydrogen) atoms. The van der Waals surface area contributed by atoms with E-state index in [1.165, 1.54) is 0 Å². The maximum absolute atomic E-state index is 5.49. The second kappa shape index (κ2) is 7.52. The molecule has 0 atom stereocenters. The van der Waals surface area contributed by atoms with Gasteiger partial charge in [0, 0.05) is 11.8 Å². The molecule has 0 aliphatic carbocycles. The Balaban J connectivity index is 1.89. The molecule has 6 nitrogen and oxygen atoms in total. The van der Waals surface area contributed by atoms with Crippen LogP contribution in [0.3, 0.4) is 0 Å². The third-order valence-electron chi connectivity index (χ3n) is 4.55. The molecular weight excluding hydrogens is 354 g/mol. The molecule has 2 aromatic heterocycles. The van der Waals surface area contributed by atoms with Crippen LogP contribution in [0.2, 0.25) is 0 Å². The lowest BCUT2D eigenvalue weighted by Crippen LogP contribution is -1.99. The largest absolute Gasteiger partial charge is 0.495 e. The van der Waals surface area contributed by atoms with Crippen molar-refractivity contribution in [2.45, 2.75) is 0 Å². The molecular formula is C22H21N3O3. The van der Waals surface area contributed by atoms with Crippen LogP contribution in [-0.2, 0) is 0 Å². The third kappa shape index (κ3) is 3.09. The van der Waals surface area contributed by atoms with Gasteiger partial charge in [-0.05, 0) is 42.5 Å². The zero-order chi connectivity index (χ0) is 19.5. The van der Waals surface area contributed by atoms with Gasteiger partial charge in [0.1, 0.15) is 22.9 Å². The highest BCUT2D eigenvalue weighted by Crippen LogP contribution is 2.37. The molecule has 0 aliphatic rings. The first-order valence-electron chi connectivity index (χ1n) is 8.84. The maximum Gasteiger partial charge on any atom is 0.161 e. The Hall–Kier alpha value is -3.67. The minimum Gasteiger partial charge on any atom is -0.495 e. The number of hydrogen-bond acceptors (Lipinski definition) is 5. The zero-order valence-corrected chi connectivity index (χ0v) is 16.0. The van der Waals surface area contributed by atoms with Crippen molar-refractivity contribution in [1.82, 2.24) is 9.38 Å². The van der Waals surface area contributed by atoms with Crippen molar-refractivity contribution in [2.75, 3.05) is 26.6 Å². The summed E-state index contributed by atoms with van der Waals surface area (Å²) >= 11 is 0. The molecule has 6 heteroatoms. The lowest BCUT2D eigenvalue weighted by Gasteiger charge is -2.13. The molecule has 4 rings (SSSR count). The molecule has 2 heterocycles. The van der Waals surface area contributed by atoms with E-state index in [4.69, 9.17) is 19.2 Å². The molecule has 4 aromatic rings. The average Bonchev–Trinajstić information content (AvgIpc) is 3.12. The lowest BCUT2D eigenvalue weighted by molar-refractivity contribution is 0.355. The molecule has 0 amide bonds. The fourth-order valence-electron chi connectivity index (χ4n) is 3.18. The van der Waals surface area contributed by atoms with Gasteiger partial charge in [0.05, 0.1) is 27.0 Å². The number of rotatable bonds is 6. The highest BCUT2D eigenvalue weighted by atomic mass is 16.5. The third-order valence-corrected chi connectivity index (χ3v) is 4.55. The van der Waals surface area contributed by atoms with Crippen molar-refractivity contribution < 1.29 is 14.2 Å². The van der Waals surface area contributed by atoms with Crippen molar-refractivity contribution in [3.63, 3.8) is 0 Å². The van der Waals surface area contributed by atoms with E-state index >= 15 is 0 Å². The number of nitrogens with zero attached hydrogens (tertiary/aromatic N) is 2. The van der Waals surface area contributed by atoms with Crippen LogP contribution in [0.4, 0.5) is 11.5 Å². The number of ether oxygens (including phenoxy) is 3. The molecule has 0 bridgehead atoms. The van der Waals surface area contributed by atoms with Crippen LogP contribution in [0.15, 0.2) is 66.9 Å². The summed E-state index contributed by atoms with van der Waals surface area (Å²) in [7, 11) is 4.90. The number of aromatic nitrogens is 2. The number of anilines is 2. The van der Waals surface area contributed by atoms with Crippen LogP contribution in [0.25, 0.3) is 16.9 Å². The van der Waals surface area contributed by atoms with Gasteiger partial charge in [0.25, 0.3) is 0 Å². The molecule has 1 N–H and O–H groups in total. The van der Waals surface area contributed by atoms with Crippen LogP contribution >= 0.6 is 0 Å². The molecule has 0 radical (unpaired) electrons.